The number of nitrogens with zero attached hydrogens (tertiary/aromatic N) is 2. The van der Waals surface area contributed by atoms with E-state index in [1.54, 1.807) is 12.3 Å². The van der Waals surface area contributed by atoms with Gasteiger partial charge in [0.05, 0.1) is 5.56 Å². The van der Waals surface area contributed by atoms with Gasteiger partial charge in [-0.2, -0.15) is 5.26 Å². The first kappa shape index (κ1) is 12.5. The van der Waals surface area contributed by atoms with Crippen molar-refractivity contribution in [3.05, 3.63) is 58.9 Å². The SMILES string of the molecule is N#Cc1c[nH]c(C(=O)N2CCCc3ccccc3C2)c1. The van der Waals surface area contributed by atoms with Crippen LogP contribution < -0.4 is 0 Å². The van der Waals surface area contributed by atoms with Gasteiger partial charge in [0.1, 0.15) is 11.8 Å². The molecule has 3 rings (SSSR count). The highest BCUT2D eigenvalue weighted by atomic mass is 16.2. The molecule has 0 atom stereocenters. The smallest absolute Gasteiger partial charge is 0.270 e. The van der Waals surface area contributed by atoms with Crippen molar-refractivity contribution in [3.63, 3.8) is 0 Å². The Morgan fingerprint density at radius 2 is 2.10 bits per heavy atom. The summed E-state index contributed by atoms with van der Waals surface area (Å²) in [5, 5.41) is 8.82. The standard InChI is InChI=1S/C16H15N3O/c17-9-12-8-15(18-10-12)16(20)19-7-3-6-13-4-1-2-5-14(13)11-19/h1-2,4-5,8,10,18H,3,6-7,11H2. The molecule has 1 N–H and O–H groups in total. The van der Waals surface area contributed by atoms with Crippen molar-refractivity contribution in [2.45, 2.75) is 19.4 Å². The molecule has 2 heterocycles. The van der Waals surface area contributed by atoms with Crippen LogP contribution in [0.1, 0.15) is 33.6 Å². The van der Waals surface area contributed by atoms with Crippen LogP contribution in [0, 0.1) is 11.3 Å². The van der Waals surface area contributed by atoms with Gasteiger partial charge in [0, 0.05) is 19.3 Å². The Labute approximate surface area is 117 Å². The summed E-state index contributed by atoms with van der Waals surface area (Å²) < 4.78 is 0. The number of hydrogen-bond acceptors (Lipinski definition) is 2. The van der Waals surface area contributed by atoms with E-state index in [0.717, 1.165) is 19.4 Å². The third-order valence-electron chi connectivity index (χ3n) is 3.68. The van der Waals surface area contributed by atoms with Crippen LogP contribution in [0.5, 0.6) is 0 Å². The fourth-order valence-corrected chi connectivity index (χ4v) is 2.63. The number of H-pyrrole nitrogens is 1. The normalized spacial score (nSPS) is 14.2. The lowest BCUT2D eigenvalue weighted by Gasteiger charge is -2.20. The lowest BCUT2D eigenvalue weighted by Crippen LogP contribution is -2.30. The zero-order chi connectivity index (χ0) is 13.9. The monoisotopic (exact) mass is 265 g/mol. The van der Waals surface area contributed by atoms with Crippen LogP contribution in [-0.2, 0) is 13.0 Å². The molecule has 100 valence electrons. The number of aryl methyl sites for hydroxylation is 1. The average Bonchev–Trinajstić information content (AvgIpc) is 2.85. The first-order chi connectivity index (χ1) is 9.78. The highest BCUT2D eigenvalue weighted by Crippen LogP contribution is 2.20. The van der Waals surface area contributed by atoms with Crippen LogP contribution in [0.3, 0.4) is 0 Å². The molecule has 0 saturated heterocycles. The second-order valence-electron chi connectivity index (χ2n) is 5.01. The number of aromatic amines is 1. The summed E-state index contributed by atoms with van der Waals surface area (Å²) in [6.07, 6.45) is 3.54. The summed E-state index contributed by atoms with van der Waals surface area (Å²) in [5.74, 6) is -0.0387. The Balaban J connectivity index is 1.84. The molecule has 20 heavy (non-hydrogen) atoms. The number of nitrogens with one attached hydrogen (secondary N) is 1. The van der Waals surface area contributed by atoms with Crippen LogP contribution in [0.2, 0.25) is 0 Å². The molecule has 0 radical (unpaired) electrons. The summed E-state index contributed by atoms with van der Waals surface area (Å²) >= 11 is 0. The van der Waals surface area contributed by atoms with E-state index in [9.17, 15) is 4.79 Å². The molecular formula is C16H15N3O. The highest BCUT2D eigenvalue weighted by Gasteiger charge is 2.21. The van der Waals surface area contributed by atoms with E-state index < -0.39 is 0 Å². The van der Waals surface area contributed by atoms with Gasteiger partial charge in [-0.05, 0) is 30.0 Å². The van der Waals surface area contributed by atoms with Gasteiger partial charge in [-0.1, -0.05) is 24.3 Å². The van der Waals surface area contributed by atoms with Crippen molar-refractivity contribution in [2.75, 3.05) is 6.54 Å². The maximum atomic E-state index is 12.5. The number of carbonyl (C=O) groups excluding carboxylic acids is 1. The minimum absolute atomic E-state index is 0.0387. The summed E-state index contributed by atoms with van der Waals surface area (Å²) in [7, 11) is 0. The molecule has 1 aliphatic rings. The van der Waals surface area contributed by atoms with Gasteiger partial charge >= 0.3 is 0 Å². The van der Waals surface area contributed by atoms with Crippen molar-refractivity contribution in [1.82, 2.24) is 9.88 Å². The molecule has 0 unspecified atom stereocenters. The molecule has 0 spiro atoms. The second-order valence-corrected chi connectivity index (χ2v) is 5.01. The summed E-state index contributed by atoms with van der Waals surface area (Å²) in [6.45, 7) is 1.38. The van der Waals surface area contributed by atoms with Crippen LogP contribution in [0.4, 0.5) is 0 Å². The fourth-order valence-electron chi connectivity index (χ4n) is 2.63. The van der Waals surface area contributed by atoms with Gasteiger partial charge in [0.15, 0.2) is 0 Å². The molecule has 0 fully saturated rings. The third kappa shape index (κ3) is 2.30. The molecular weight excluding hydrogens is 250 g/mol. The first-order valence-electron chi connectivity index (χ1n) is 6.72. The molecule has 1 aromatic heterocycles. The zero-order valence-corrected chi connectivity index (χ0v) is 11.1. The minimum atomic E-state index is -0.0387. The predicted octanol–water partition coefficient (Wildman–Crippen LogP) is 2.47. The van der Waals surface area contributed by atoms with Crippen LogP contribution in [0.15, 0.2) is 36.5 Å². The molecule has 0 saturated carbocycles. The number of aromatic nitrogens is 1. The number of benzene rings is 1. The Hall–Kier alpha value is -2.54. The highest BCUT2D eigenvalue weighted by molar-refractivity contribution is 5.92. The van der Waals surface area contributed by atoms with Crippen molar-refractivity contribution in [1.29, 1.82) is 5.26 Å². The Morgan fingerprint density at radius 1 is 1.30 bits per heavy atom. The summed E-state index contributed by atoms with van der Waals surface area (Å²) in [5.41, 5.74) is 3.52. The number of amides is 1. The first-order valence-corrected chi connectivity index (χ1v) is 6.72. The topological polar surface area (TPSA) is 59.9 Å². The van der Waals surface area contributed by atoms with Gasteiger partial charge in [-0.25, -0.2) is 0 Å². The lowest BCUT2D eigenvalue weighted by molar-refractivity contribution is 0.0740. The molecule has 1 aromatic carbocycles. The largest absolute Gasteiger partial charge is 0.356 e. The number of rotatable bonds is 1. The van der Waals surface area contributed by atoms with Gasteiger partial charge in [0.25, 0.3) is 5.91 Å². The van der Waals surface area contributed by atoms with Crippen molar-refractivity contribution in [3.8, 4) is 6.07 Å². The van der Waals surface area contributed by atoms with E-state index >= 15 is 0 Å². The van der Waals surface area contributed by atoms with Crippen molar-refractivity contribution < 1.29 is 4.79 Å². The quantitative estimate of drug-likeness (QED) is 0.861. The molecule has 1 aliphatic heterocycles. The maximum Gasteiger partial charge on any atom is 0.270 e. The van der Waals surface area contributed by atoms with E-state index in [2.05, 4.69) is 17.1 Å². The Kier molecular flexibility index (Phi) is 3.26. The van der Waals surface area contributed by atoms with Crippen molar-refractivity contribution >= 4 is 5.91 Å². The molecule has 0 bridgehead atoms. The lowest BCUT2D eigenvalue weighted by atomic mass is 10.0. The third-order valence-corrected chi connectivity index (χ3v) is 3.68. The Bertz CT molecular complexity index is 681. The zero-order valence-electron chi connectivity index (χ0n) is 11.1. The predicted molar refractivity (Wildman–Crippen MR) is 75.0 cm³/mol. The van der Waals surface area contributed by atoms with Crippen LogP contribution in [-0.4, -0.2) is 22.3 Å². The Morgan fingerprint density at radius 3 is 2.85 bits per heavy atom. The van der Waals surface area contributed by atoms with E-state index in [4.69, 9.17) is 5.26 Å². The van der Waals surface area contributed by atoms with Crippen LogP contribution in [0.25, 0.3) is 0 Å². The van der Waals surface area contributed by atoms with Gasteiger partial charge in [-0.15, -0.1) is 0 Å². The van der Waals surface area contributed by atoms with E-state index in [1.807, 2.05) is 23.1 Å². The maximum absolute atomic E-state index is 12.5. The molecule has 4 nitrogen and oxygen atoms in total. The van der Waals surface area contributed by atoms with Gasteiger partial charge in [-0.3, -0.25) is 4.79 Å². The summed E-state index contributed by atoms with van der Waals surface area (Å²) in [4.78, 5) is 17.2. The second kappa shape index (κ2) is 5.22. The minimum Gasteiger partial charge on any atom is -0.356 e. The summed E-state index contributed by atoms with van der Waals surface area (Å²) in [6, 6.07) is 11.9. The van der Waals surface area contributed by atoms with Gasteiger partial charge < -0.3 is 9.88 Å². The number of hydrogen-bond donors (Lipinski definition) is 1. The molecule has 1 amide bonds. The number of nitriles is 1. The molecule has 0 aliphatic carbocycles. The number of fused-ring (bicyclic) bond motifs is 1. The van der Waals surface area contributed by atoms with Gasteiger partial charge in [0.2, 0.25) is 0 Å². The van der Waals surface area contributed by atoms with E-state index in [-0.39, 0.29) is 5.91 Å². The van der Waals surface area contributed by atoms with Crippen LogP contribution >= 0.6 is 0 Å². The average molecular weight is 265 g/mol. The fraction of sp³-hybridized carbons (Fsp3) is 0.250. The van der Waals surface area contributed by atoms with Crippen molar-refractivity contribution in [2.24, 2.45) is 0 Å². The van der Waals surface area contributed by atoms with E-state index in [0.29, 0.717) is 17.8 Å². The molecule has 4 heteroatoms. The van der Waals surface area contributed by atoms with E-state index in [1.165, 1.54) is 11.1 Å². The number of carbonyl (C=O) groups is 1. The molecule has 2 aromatic rings.